The quantitative estimate of drug-likeness (QED) is 0.715. The van der Waals surface area contributed by atoms with Crippen molar-refractivity contribution in [2.45, 2.75) is 13.8 Å². The van der Waals surface area contributed by atoms with Crippen LogP contribution in [0, 0.1) is 5.92 Å². The fourth-order valence-corrected chi connectivity index (χ4v) is 1.25. The average molecular weight is 196 g/mol. The Balaban J connectivity index is 2.20. The van der Waals surface area contributed by atoms with Gasteiger partial charge in [-0.1, -0.05) is 13.8 Å². The van der Waals surface area contributed by atoms with E-state index in [0.717, 1.165) is 25.5 Å². The summed E-state index contributed by atoms with van der Waals surface area (Å²) in [5.41, 5.74) is 0. The van der Waals surface area contributed by atoms with Gasteiger partial charge in [0.25, 0.3) is 0 Å². The molecule has 80 valence electrons. The van der Waals surface area contributed by atoms with Crippen LogP contribution in [0.1, 0.15) is 13.8 Å². The van der Waals surface area contributed by atoms with Crippen molar-refractivity contribution < 1.29 is 0 Å². The molecule has 4 nitrogen and oxygen atoms in total. The number of aromatic nitrogens is 2. The Bertz CT molecular complexity index is 256. The van der Waals surface area contributed by atoms with E-state index >= 15 is 0 Å². The molecule has 0 saturated carbocycles. The molecule has 1 rings (SSSR count). The second-order valence-electron chi connectivity index (χ2n) is 3.67. The molecule has 0 aromatic carbocycles. The minimum atomic E-state index is 0.622. The highest BCUT2D eigenvalue weighted by Crippen LogP contribution is 2.02. The summed E-state index contributed by atoms with van der Waals surface area (Å²) in [4.78, 5) is 0. The molecule has 0 radical (unpaired) electrons. The zero-order valence-electron chi connectivity index (χ0n) is 9.25. The molecule has 0 spiro atoms. The Labute approximate surface area is 85.7 Å². The molecule has 0 fully saturated rings. The second kappa shape index (κ2) is 5.65. The minimum absolute atomic E-state index is 0.622. The molecular weight excluding hydrogens is 176 g/mol. The van der Waals surface area contributed by atoms with Gasteiger partial charge < -0.3 is 10.6 Å². The summed E-state index contributed by atoms with van der Waals surface area (Å²) in [5.74, 6) is 1.58. The van der Waals surface area contributed by atoms with Gasteiger partial charge in [-0.05, 0) is 19.0 Å². The molecule has 0 saturated heterocycles. The van der Waals surface area contributed by atoms with Crippen molar-refractivity contribution in [1.82, 2.24) is 15.1 Å². The van der Waals surface area contributed by atoms with Crippen molar-refractivity contribution >= 4 is 5.82 Å². The van der Waals surface area contributed by atoms with Crippen LogP contribution in [0.5, 0.6) is 0 Å². The molecule has 0 bridgehead atoms. The smallest absolute Gasteiger partial charge is 0.147 e. The lowest BCUT2D eigenvalue weighted by Crippen LogP contribution is -2.25. The van der Waals surface area contributed by atoms with E-state index in [1.54, 1.807) is 4.68 Å². The maximum Gasteiger partial charge on any atom is 0.147 e. The maximum atomic E-state index is 4.25. The summed E-state index contributed by atoms with van der Waals surface area (Å²) in [7, 11) is 1.92. The van der Waals surface area contributed by atoms with Crippen LogP contribution in [-0.4, -0.2) is 29.4 Å². The van der Waals surface area contributed by atoms with Crippen molar-refractivity contribution in [1.29, 1.82) is 0 Å². The molecule has 1 atom stereocenters. The van der Waals surface area contributed by atoms with Gasteiger partial charge in [0, 0.05) is 25.9 Å². The summed E-state index contributed by atoms with van der Waals surface area (Å²) in [6.07, 6.45) is 1.94. The van der Waals surface area contributed by atoms with Crippen LogP contribution < -0.4 is 10.6 Å². The summed E-state index contributed by atoms with van der Waals surface area (Å²) in [6.45, 7) is 7.39. The zero-order valence-corrected chi connectivity index (χ0v) is 9.25. The van der Waals surface area contributed by atoms with E-state index in [0.29, 0.717) is 5.92 Å². The van der Waals surface area contributed by atoms with Crippen LogP contribution in [0.15, 0.2) is 12.3 Å². The van der Waals surface area contributed by atoms with E-state index in [4.69, 9.17) is 0 Å². The van der Waals surface area contributed by atoms with Crippen molar-refractivity contribution in [2.24, 2.45) is 13.0 Å². The van der Waals surface area contributed by atoms with E-state index in [1.165, 1.54) is 0 Å². The van der Waals surface area contributed by atoms with Crippen LogP contribution >= 0.6 is 0 Å². The third-order valence-electron chi connectivity index (χ3n) is 2.09. The summed E-state index contributed by atoms with van der Waals surface area (Å²) in [5, 5.41) is 10.9. The van der Waals surface area contributed by atoms with Gasteiger partial charge in [0.2, 0.25) is 0 Å². The number of rotatable bonds is 6. The first-order valence-electron chi connectivity index (χ1n) is 5.16. The number of hydrogen-bond acceptors (Lipinski definition) is 3. The van der Waals surface area contributed by atoms with Crippen LogP contribution in [-0.2, 0) is 7.05 Å². The lowest BCUT2D eigenvalue weighted by atomic mass is 10.2. The molecular formula is C10H20N4. The Morgan fingerprint density at radius 1 is 1.50 bits per heavy atom. The van der Waals surface area contributed by atoms with Gasteiger partial charge >= 0.3 is 0 Å². The highest BCUT2D eigenvalue weighted by Gasteiger charge is 2.01. The Hall–Kier alpha value is -1.03. The average Bonchev–Trinajstić information content (AvgIpc) is 2.58. The Morgan fingerprint density at radius 3 is 2.86 bits per heavy atom. The number of hydrogen-bond donors (Lipinski definition) is 2. The highest BCUT2D eigenvalue weighted by molar-refractivity contribution is 5.31. The van der Waals surface area contributed by atoms with Crippen molar-refractivity contribution in [2.75, 3.05) is 25.0 Å². The molecule has 0 aliphatic heterocycles. The van der Waals surface area contributed by atoms with Crippen molar-refractivity contribution in [3.8, 4) is 0 Å². The van der Waals surface area contributed by atoms with Gasteiger partial charge in [-0.3, -0.25) is 4.68 Å². The molecule has 1 aromatic heterocycles. The molecule has 1 aromatic rings. The van der Waals surface area contributed by atoms with Gasteiger partial charge in [-0.15, -0.1) is 0 Å². The summed E-state index contributed by atoms with van der Waals surface area (Å²) < 4.78 is 1.80. The van der Waals surface area contributed by atoms with E-state index in [-0.39, 0.29) is 0 Å². The molecule has 14 heavy (non-hydrogen) atoms. The molecule has 0 aliphatic carbocycles. The first-order valence-corrected chi connectivity index (χ1v) is 5.16. The van der Waals surface area contributed by atoms with Crippen LogP contribution in [0.3, 0.4) is 0 Å². The van der Waals surface area contributed by atoms with Crippen molar-refractivity contribution in [3.05, 3.63) is 12.3 Å². The van der Waals surface area contributed by atoms with E-state index < -0.39 is 0 Å². The van der Waals surface area contributed by atoms with Gasteiger partial charge in [-0.2, -0.15) is 5.10 Å². The molecule has 2 N–H and O–H groups in total. The monoisotopic (exact) mass is 196 g/mol. The first kappa shape index (κ1) is 11.0. The zero-order chi connectivity index (χ0) is 10.4. The molecule has 0 aliphatic rings. The normalized spacial score (nSPS) is 12.8. The SMILES string of the molecule is CCNCC(C)CNc1ccn(C)n1. The largest absolute Gasteiger partial charge is 0.368 e. The molecule has 1 heterocycles. The molecule has 4 heteroatoms. The van der Waals surface area contributed by atoms with E-state index in [9.17, 15) is 0 Å². The topological polar surface area (TPSA) is 41.9 Å². The number of nitrogens with one attached hydrogen (secondary N) is 2. The highest BCUT2D eigenvalue weighted by atomic mass is 15.3. The Morgan fingerprint density at radius 2 is 2.29 bits per heavy atom. The summed E-state index contributed by atoms with van der Waals surface area (Å²) >= 11 is 0. The van der Waals surface area contributed by atoms with Gasteiger partial charge in [0.15, 0.2) is 0 Å². The lowest BCUT2D eigenvalue weighted by molar-refractivity contribution is 0.544. The first-order chi connectivity index (χ1) is 6.72. The van der Waals surface area contributed by atoms with Gasteiger partial charge in [0.05, 0.1) is 0 Å². The lowest BCUT2D eigenvalue weighted by Gasteiger charge is -2.11. The third-order valence-corrected chi connectivity index (χ3v) is 2.09. The van der Waals surface area contributed by atoms with Crippen LogP contribution in [0.2, 0.25) is 0 Å². The van der Waals surface area contributed by atoms with Crippen LogP contribution in [0.25, 0.3) is 0 Å². The third kappa shape index (κ3) is 3.79. The Kier molecular flexibility index (Phi) is 4.46. The van der Waals surface area contributed by atoms with Gasteiger partial charge in [0.1, 0.15) is 5.82 Å². The fraction of sp³-hybridized carbons (Fsp3) is 0.700. The second-order valence-corrected chi connectivity index (χ2v) is 3.67. The number of anilines is 1. The number of nitrogens with zero attached hydrogens (tertiary/aromatic N) is 2. The van der Waals surface area contributed by atoms with Crippen molar-refractivity contribution in [3.63, 3.8) is 0 Å². The van der Waals surface area contributed by atoms with E-state index in [1.807, 2.05) is 19.3 Å². The predicted molar refractivity (Wildman–Crippen MR) is 59.4 cm³/mol. The van der Waals surface area contributed by atoms with Gasteiger partial charge in [-0.25, -0.2) is 0 Å². The standard InChI is InChI=1S/C10H20N4/c1-4-11-7-9(2)8-12-10-5-6-14(3)13-10/h5-6,9,11H,4,7-8H2,1-3H3,(H,12,13). The minimum Gasteiger partial charge on any atom is -0.368 e. The number of aryl methyl sites for hydroxylation is 1. The van der Waals surface area contributed by atoms with Crippen LogP contribution in [0.4, 0.5) is 5.82 Å². The maximum absolute atomic E-state index is 4.25. The molecule has 1 unspecified atom stereocenters. The molecule has 0 amide bonds. The fourth-order valence-electron chi connectivity index (χ4n) is 1.25. The summed E-state index contributed by atoms with van der Waals surface area (Å²) in [6, 6.07) is 1.99. The predicted octanol–water partition coefficient (Wildman–Crippen LogP) is 1.08. The van der Waals surface area contributed by atoms with E-state index in [2.05, 4.69) is 29.6 Å².